The van der Waals surface area contributed by atoms with Gasteiger partial charge in [0.15, 0.2) is 5.78 Å². The Bertz CT molecular complexity index is 855. The summed E-state index contributed by atoms with van der Waals surface area (Å²) in [6, 6.07) is 14.9. The first kappa shape index (κ1) is 13.8. The van der Waals surface area contributed by atoms with E-state index in [-0.39, 0.29) is 5.78 Å². The smallest absolute Gasteiger partial charge is 0.193 e. The molecule has 0 radical (unpaired) electrons. The van der Waals surface area contributed by atoms with Crippen LogP contribution in [0.2, 0.25) is 5.02 Å². The Kier molecular flexibility index (Phi) is 3.48. The first-order chi connectivity index (χ1) is 10.1. The molecular formula is C18H14ClNO. The molecule has 0 aliphatic heterocycles. The molecule has 0 bridgehead atoms. The normalized spacial score (nSPS) is 10.8. The molecule has 2 nitrogen and oxygen atoms in total. The summed E-state index contributed by atoms with van der Waals surface area (Å²) in [6.07, 6.45) is 0. The number of nitrogens with zero attached hydrogens (tertiary/aromatic N) is 1. The Morgan fingerprint density at radius 3 is 2.57 bits per heavy atom. The van der Waals surface area contributed by atoms with Gasteiger partial charge in [-0.1, -0.05) is 41.9 Å². The fourth-order valence-electron chi connectivity index (χ4n) is 2.39. The maximum absolute atomic E-state index is 12.8. The van der Waals surface area contributed by atoms with Gasteiger partial charge in [-0.2, -0.15) is 0 Å². The summed E-state index contributed by atoms with van der Waals surface area (Å²) < 4.78 is 0. The van der Waals surface area contributed by atoms with Gasteiger partial charge in [-0.05, 0) is 37.6 Å². The topological polar surface area (TPSA) is 30.0 Å². The van der Waals surface area contributed by atoms with Crippen LogP contribution in [0.5, 0.6) is 0 Å². The molecule has 0 aliphatic rings. The summed E-state index contributed by atoms with van der Waals surface area (Å²) >= 11 is 6.13. The molecule has 2 aromatic carbocycles. The van der Waals surface area contributed by atoms with Gasteiger partial charge in [0.2, 0.25) is 0 Å². The van der Waals surface area contributed by atoms with Gasteiger partial charge in [-0.15, -0.1) is 0 Å². The maximum atomic E-state index is 12.8. The highest BCUT2D eigenvalue weighted by Crippen LogP contribution is 2.23. The molecule has 0 saturated heterocycles. The average molecular weight is 296 g/mol. The van der Waals surface area contributed by atoms with Gasteiger partial charge in [0.1, 0.15) is 0 Å². The zero-order chi connectivity index (χ0) is 15.0. The van der Waals surface area contributed by atoms with E-state index in [1.807, 2.05) is 56.3 Å². The second kappa shape index (κ2) is 5.30. The van der Waals surface area contributed by atoms with E-state index in [0.29, 0.717) is 16.1 Å². The number of aryl methyl sites for hydroxylation is 2. The first-order valence-electron chi connectivity index (χ1n) is 6.73. The summed E-state index contributed by atoms with van der Waals surface area (Å²) in [4.78, 5) is 17.3. The molecule has 0 N–H and O–H groups in total. The van der Waals surface area contributed by atoms with E-state index in [9.17, 15) is 4.79 Å². The Labute approximate surface area is 128 Å². The summed E-state index contributed by atoms with van der Waals surface area (Å²) in [7, 11) is 0. The van der Waals surface area contributed by atoms with E-state index < -0.39 is 0 Å². The molecule has 1 aromatic heterocycles. The zero-order valence-corrected chi connectivity index (χ0v) is 12.6. The molecule has 1 heterocycles. The highest BCUT2D eigenvalue weighted by atomic mass is 35.5. The molecule has 0 spiro atoms. The first-order valence-corrected chi connectivity index (χ1v) is 7.11. The number of rotatable bonds is 2. The number of carbonyl (C=O) groups is 1. The van der Waals surface area contributed by atoms with E-state index >= 15 is 0 Å². The van der Waals surface area contributed by atoms with Crippen LogP contribution in [-0.2, 0) is 0 Å². The molecule has 0 atom stereocenters. The minimum absolute atomic E-state index is 0.0291. The molecule has 0 aliphatic carbocycles. The predicted molar refractivity (Wildman–Crippen MR) is 86.1 cm³/mol. The summed E-state index contributed by atoms with van der Waals surface area (Å²) in [6.45, 7) is 3.81. The molecule has 0 saturated carbocycles. The van der Waals surface area contributed by atoms with Crippen LogP contribution >= 0.6 is 11.6 Å². The number of ketones is 1. The van der Waals surface area contributed by atoms with Gasteiger partial charge in [0, 0.05) is 27.2 Å². The lowest BCUT2D eigenvalue weighted by Gasteiger charge is -2.08. The van der Waals surface area contributed by atoms with Crippen LogP contribution < -0.4 is 0 Å². The third kappa shape index (κ3) is 2.55. The molecule has 3 rings (SSSR count). The minimum atomic E-state index is -0.0291. The van der Waals surface area contributed by atoms with Crippen LogP contribution in [0.25, 0.3) is 10.9 Å². The Balaban J connectivity index is 2.19. The van der Waals surface area contributed by atoms with Crippen LogP contribution in [0.3, 0.4) is 0 Å². The summed E-state index contributed by atoms with van der Waals surface area (Å²) in [5, 5.41) is 1.47. The van der Waals surface area contributed by atoms with Crippen LogP contribution in [0.1, 0.15) is 27.2 Å². The fraction of sp³-hybridized carbons (Fsp3) is 0.111. The highest BCUT2D eigenvalue weighted by Gasteiger charge is 2.14. The lowest BCUT2D eigenvalue weighted by molar-refractivity contribution is 0.104. The average Bonchev–Trinajstić information content (AvgIpc) is 2.48. The molecule has 0 amide bonds. The number of hydrogen-bond acceptors (Lipinski definition) is 2. The third-order valence-electron chi connectivity index (χ3n) is 3.52. The number of benzene rings is 2. The second-order valence-corrected chi connectivity index (χ2v) is 5.53. The molecule has 3 aromatic rings. The second-order valence-electron chi connectivity index (χ2n) is 5.12. The number of para-hydroxylation sites is 1. The molecular weight excluding hydrogens is 282 g/mol. The van der Waals surface area contributed by atoms with Gasteiger partial charge >= 0.3 is 0 Å². The standard InChI is InChI=1S/C18H14ClNO/c1-11-7-8-13(10-16(11)19)18(21)15-9-12(2)20-17-6-4-3-5-14(15)17/h3-10H,1-2H3. The molecule has 104 valence electrons. The molecule has 0 fully saturated rings. The SMILES string of the molecule is Cc1cc(C(=O)c2ccc(C)c(Cl)c2)c2ccccc2n1. The van der Waals surface area contributed by atoms with Crippen molar-refractivity contribution >= 4 is 28.3 Å². The summed E-state index contributed by atoms with van der Waals surface area (Å²) in [5.74, 6) is -0.0291. The Morgan fingerprint density at radius 2 is 1.81 bits per heavy atom. The third-order valence-corrected chi connectivity index (χ3v) is 3.93. The van der Waals surface area contributed by atoms with E-state index in [4.69, 9.17) is 11.6 Å². The van der Waals surface area contributed by atoms with Crippen molar-refractivity contribution in [2.75, 3.05) is 0 Å². The van der Waals surface area contributed by atoms with Gasteiger partial charge in [0.25, 0.3) is 0 Å². The van der Waals surface area contributed by atoms with E-state index in [0.717, 1.165) is 22.2 Å². The van der Waals surface area contributed by atoms with Crippen molar-refractivity contribution in [3.63, 3.8) is 0 Å². The predicted octanol–water partition coefficient (Wildman–Crippen LogP) is 4.74. The minimum Gasteiger partial charge on any atom is -0.289 e. The van der Waals surface area contributed by atoms with Crippen molar-refractivity contribution in [2.24, 2.45) is 0 Å². The fourth-order valence-corrected chi connectivity index (χ4v) is 2.57. The Hall–Kier alpha value is -2.19. The number of halogens is 1. The van der Waals surface area contributed by atoms with Crippen molar-refractivity contribution in [2.45, 2.75) is 13.8 Å². The van der Waals surface area contributed by atoms with Gasteiger partial charge in [-0.25, -0.2) is 0 Å². The number of aromatic nitrogens is 1. The number of pyridine rings is 1. The monoisotopic (exact) mass is 295 g/mol. The Morgan fingerprint density at radius 1 is 1.05 bits per heavy atom. The quantitative estimate of drug-likeness (QED) is 0.639. The molecule has 21 heavy (non-hydrogen) atoms. The van der Waals surface area contributed by atoms with Crippen LogP contribution in [0.15, 0.2) is 48.5 Å². The van der Waals surface area contributed by atoms with Crippen LogP contribution in [0.4, 0.5) is 0 Å². The van der Waals surface area contributed by atoms with Gasteiger partial charge < -0.3 is 0 Å². The van der Waals surface area contributed by atoms with E-state index in [2.05, 4.69) is 4.98 Å². The number of fused-ring (bicyclic) bond motifs is 1. The summed E-state index contributed by atoms with van der Waals surface area (Å²) in [5.41, 5.74) is 3.89. The van der Waals surface area contributed by atoms with Gasteiger partial charge in [0.05, 0.1) is 5.52 Å². The largest absolute Gasteiger partial charge is 0.289 e. The highest BCUT2D eigenvalue weighted by molar-refractivity contribution is 6.32. The van der Waals surface area contributed by atoms with Crippen molar-refractivity contribution < 1.29 is 4.79 Å². The van der Waals surface area contributed by atoms with Crippen LogP contribution in [0, 0.1) is 13.8 Å². The van der Waals surface area contributed by atoms with Crippen molar-refractivity contribution in [3.05, 3.63) is 75.9 Å². The number of hydrogen-bond donors (Lipinski definition) is 0. The number of carbonyl (C=O) groups excluding carboxylic acids is 1. The van der Waals surface area contributed by atoms with Crippen molar-refractivity contribution in [1.82, 2.24) is 4.98 Å². The maximum Gasteiger partial charge on any atom is 0.193 e. The van der Waals surface area contributed by atoms with E-state index in [1.54, 1.807) is 6.07 Å². The van der Waals surface area contributed by atoms with Crippen LogP contribution in [-0.4, -0.2) is 10.8 Å². The zero-order valence-electron chi connectivity index (χ0n) is 11.9. The van der Waals surface area contributed by atoms with Crippen molar-refractivity contribution in [3.8, 4) is 0 Å². The van der Waals surface area contributed by atoms with E-state index in [1.165, 1.54) is 0 Å². The van der Waals surface area contributed by atoms with Crippen molar-refractivity contribution in [1.29, 1.82) is 0 Å². The lowest BCUT2D eigenvalue weighted by atomic mass is 9.98. The molecule has 3 heteroatoms. The van der Waals surface area contributed by atoms with Gasteiger partial charge in [-0.3, -0.25) is 9.78 Å². The molecule has 0 unspecified atom stereocenters. The lowest BCUT2D eigenvalue weighted by Crippen LogP contribution is -2.04.